The van der Waals surface area contributed by atoms with Crippen LogP contribution in [0, 0.1) is 0 Å². The van der Waals surface area contributed by atoms with Crippen LogP contribution >= 0.6 is 11.6 Å². The summed E-state index contributed by atoms with van der Waals surface area (Å²) in [4.78, 5) is 22.9. The van der Waals surface area contributed by atoms with E-state index in [0.29, 0.717) is 33.4 Å². The Morgan fingerprint density at radius 1 is 1.17 bits per heavy atom. The first kappa shape index (κ1) is 20.9. The molecule has 2 aromatic carbocycles. The molecule has 0 radical (unpaired) electrons. The molecule has 0 atom stereocenters. The smallest absolute Gasteiger partial charge is 0.371 e. The van der Waals surface area contributed by atoms with Crippen LogP contribution in [0.15, 0.2) is 64.1 Å². The Morgan fingerprint density at radius 3 is 2.67 bits per heavy atom. The molecule has 3 rings (SSSR count). The summed E-state index contributed by atoms with van der Waals surface area (Å²) >= 11 is 5.98. The summed E-state index contributed by atoms with van der Waals surface area (Å²) in [5.74, 6) is -0.509. The quantitative estimate of drug-likeness (QED) is 0.414. The molecule has 0 bridgehead atoms. The standard InChI is InChI=1S/C21H17ClN2O6/c1-28-19-10-13(11-23-24-20(25)15-4-2-3-5-16(15)22)6-8-17(19)29-12-14-7-9-18(30-14)21(26)27/h2-11H,12H2,1H3,(H,24,25)(H,26,27)/b23-11-. The molecule has 2 N–H and O–H groups in total. The van der Waals surface area contributed by atoms with E-state index >= 15 is 0 Å². The van der Waals surface area contributed by atoms with Crippen molar-refractivity contribution in [3.63, 3.8) is 0 Å². The molecule has 8 nitrogen and oxygen atoms in total. The van der Waals surface area contributed by atoms with Gasteiger partial charge in [-0.3, -0.25) is 4.79 Å². The highest BCUT2D eigenvalue weighted by atomic mass is 35.5. The number of nitrogens with one attached hydrogen (secondary N) is 1. The molecule has 0 saturated heterocycles. The van der Waals surface area contributed by atoms with Gasteiger partial charge in [0.2, 0.25) is 5.76 Å². The van der Waals surface area contributed by atoms with E-state index < -0.39 is 11.9 Å². The van der Waals surface area contributed by atoms with E-state index in [1.54, 1.807) is 42.5 Å². The van der Waals surface area contributed by atoms with Gasteiger partial charge >= 0.3 is 5.97 Å². The second-order valence-corrected chi connectivity index (χ2v) is 6.36. The number of amides is 1. The van der Waals surface area contributed by atoms with Crippen LogP contribution in [0.3, 0.4) is 0 Å². The minimum absolute atomic E-state index is 0.0327. The summed E-state index contributed by atoms with van der Waals surface area (Å²) < 4.78 is 16.1. The molecule has 0 spiro atoms. The number of rotatable bonds is 8. The number of halogens is 1. The molecule has 0 unspecified atom stereocenters. The first-order valence-electron chi connectivity index (χ1n) is 8.68. The summed E-state index contributed by atoms with van der Waals surface area (Å²) in [5.41, 5.74) is 3.39. The lowest BCUT2D eigenvalue weighted by Crippen LogP contribution is -2.17. The first-order chi connectivity index (χ1) is 14.5. The number of aromatic carboxylic acids is 1. The second kappa shape index (κ2) is 9.62. The number of ether oxygens (including phenoxy) is 2. The van der Waals surface area contributed by atoms with Crippen LogP contribution < -0.4 is 14.9 Å². The molecule has 1 aromatic heterocycles. The lowest BCUT2D eigenvalue weighted by Gasteiger charge is -2.10. The van der Waals surface area contributed by atoms with Crippen molar-refractivity contribution < 1.29 is 28.6 Å². The van der Waals surface area contributed by atoms with Gasteiger partial charge in [-0.25, -0.2) is 10.2 Å². The van der Waals surface area contributed by atoms with E-state index in [2.05, 4.69) is 10.5 Å². The number of methoxy groups -OCH3 is 1. The van der Waals surface area contributed by atoms with E-state index in [4.69, 9.17) is 30.6 Å². The molecule has 0 saturated carbocycles. The van der Waals surface area contributed by atoms with Gasteiger partial charge in [0.25, 0.3) is 5.91 Å². The third-order valence-electron chi connectivity index (χ3n) is 3.93. The Labute approximate surface area is 176 Å². The van der Waals surface area contributed by atoms with E-state index in [1.807, 2.05) is 0 Å². The zero-order valence-corrected chi connectivity index (χ0v) is 16.6. The monoisotopic (exact) mass is 428 g/mol. The van der Waals surface area contributed by atoms with Gasteiger partial charge in [0, 0.05) is 0 Å². The van der Waals surface area contributed by atoms with Gasteiger partial charge in [-0.15, -0.1) is 0 Å². The topological polar surface area (TPSA) is 110 Å². The Bertz CT molecular complexity index is 1090. The highest BCUT2D eigenvalue weighted by Crippen LogP contribution is 2.28. The van der Waals surface area contributed by atoms with Crippen molar-refractivity contribution in [1.29, 1.82) is 0 Å². The average molecular weight is 429 g/mol. The van der Waals surface area contributed by atoms with Crippen molar-refractivity contribution in [3.05, 3.63) is 82.3 Å². The van der Waals surface area contributed by atoms with Crippen molar-refractivity contribution >= 4 is 29.7 Å². The predicted molar refractivity (Wildman–Crippen MR) is 110 cm³/mol. The van der Waals surface area contributed by atoms with Crippen molar-refractivity contribution in [2.45, 2.75) is 6.61 Å². The number of carbonyl (C=O) groups is 2. The number of nitrogens with zero attached hydrogens (tertiary/aromatic N) is 1. The van der Waals surface area contributed by atoms with Gasteiger partial charge in [0.15, 0.2) is 11.5 Å². The Kier molecular flexibility index (Phi) is 6.71. The third-order valence-corrected chi connectivity index (χ3v) is 4.26. The van der Waals surface area contributed by atoms with Crippen LogP contribution in [-0.4, -0.2) is 30.3 Å². The predicted octanol–water partition coefficient (Wildman–Crippen LogP) is 3.98. The number of hydrazone groups is 1. The molecule has 3 aromatic rings. The maximum absolute atomic E-state index is 12.1. The highest BCUT2D eigenvalue weighted by molar-refractivity contribution is 6.33. The molecular formula is C21H17ClN2O6. The molecule has 1 amide bonds. The number of hydrogen-bond acceptors (Lipinski definition) is 6. The fraction of sp³-hybridized carbons (Fsp3) is 0.0952. The van der Waals surface area contributed by atoms with Gasteiger partial charge in [-0.1, -0.05) is 23.7 Å². The summed E-state index contributed by atoms with van der Waals surface area (Å²) in [6, 6.07) is 14.6. The number of carboxylic acids is 1. The number of furan rings is 1. The van der Waals surface area contributed by atoms with Crippen molar-refractivity contribution in [2.24, 2.45) is 5.10 Å². The highest BCUT2D eigenvalue weighted by Gasteiger charge is 2.11. The van der Waals surface area contributed by atoms with Gasteiger partial charge < -0.3 is 19.0 Å². The molecule has 1 heterocycles. The minimum atomic E-state index is -1.15. The maximum atomic E-state index is 12.1. The Hall–Kier alpha value is -3.78. The lowest BCUT2D eigenvalue weighted by molar-refractivity contribution is 0.0657. The van der Waals surface area contributed by atoms with Crippen molar-refractivity contribution in [3.8, 4) is 11.5 Å². The molecular weight excluding hydrogens is 412 g/mol. The Balaban J connectivity index is 1.63. The first-order valence-corrected chi connectivity index (χ1v) is 9.06. The van der Waals surface area contributed by atoms with Crippen LogP contribution in [0.5, 0.6) is 11.5 Å². The van der Waals surface area contributed by atoms with E-state index in [-0.39, 0.29) is 12.4 Å². The molecule has 154 valence electrons. The van der Waals surface area contributed by atoms with Crippen LogP contribution in [-0.2, 0) is 6.61 Å². The van der Waals surface area contributed by atoms with Crippen LogP contribution in [0.1, 0.15) is 32.2 Å². The largest absolute Gasteiger partial charge is 0.493 e. The van der Waals surface area contributed by atoms with Crippen molar-refractivity contribution in [2.75, 3.05) is 7.11 Å². The van der Waals surface area contributed by atoms with Crippen molar-refractivity contribution in [1.82, 2.24) is 5.43 Å². The van der Waals surface area contributed by atoms with Crippen LogP contribution in [0.2, 0.25) is 5.02 Å². The van der Waals surface area contributed by atoms with E-state index in [0.717, 1.165) is 0 Å². The Morgan fingerprint density at radius 2 is 1.97 bits per heavy atom. The number of hydrogen-bond donors (Lipinski definition) is 2. The molecule has 30 heavy (non-hydrogen) atoms. The van der Waals surface area contributed by atoms with Crippen LogP contribution in [0.4, 0.5) is 0 Å². The molecule has 0 aliphatic carbocycles. The van der Waals surface area contributed by atoms with E-state index in [1.165, 1.54) is 25.5 Å². The molecule has 0 aliphatic rings. The summed E-state index contributed by atoms with van der Waals surface area (Å²) in [6.45, 7) is 0.0327. The fourth-order valence-corrected chi connectivity index (χ4v) is 2.70. The molecule has 0 aliphatic heterocycles. The summed E-state index contributed by atoms with van der Waals surface area (Å²) in [5, 5.41) is 13.1. The fourth-order valence-electron chi connectivity index (χ4n) is 2.47. The van der Waals surface area contributed by atoms with Crippen LogP contribution in [0.25, 0.3) is 0 Å². The number of benzene rings is 2. The van der Waals surface area contributed by atoms with Gasteiger partial charge in [0.1, 0.15) is 12.4 Å². The zero-order valence-electron chi connectivity index (χ0n) is 15.8. The average Bonchev–Trinajstić information content (AvgIpc) is 3.22. The normalized spacial score (nSPS) is 10.7. The number of carbonyl (C=O) groups excluding carboxylic acids is 1. The maximum Gasteiger partial charge on any atom is 0.371 e. The molecule has 9 heteroatoms. The zero-order chi connectivity index (χ0) is 21.5. The summed E-state index contributed by atoms with van der Waals surface area (Å²) in [7, 11) is 1.48. The van der Waals surface area contributed by atoms with E-state index in [9.17, 15) is 9.59 Å². The summed E-state index contributed by atoms with van der Waals surface area (Å²) in [6.07, 6.45) is 1.45. The minimum Gasteiger partial charge on any atom is -0.493 e. The SMILES string of the molecule is COc1cc(/C=N\NC(=O)c2ccccc2Cl)ccc1OCc1ccc(C(=O)O)o1. The lowest BCUT2D eigenvalue weighted by atomic mass is 10.2. The van der Waals surface area contributed by atoms with Gasteiger partial charge in [-0.2, -0.15) is 5.10 Å². The van der Waals surface area contributed by atoms with Gasteiger partial charge in [0.05, 0.1) is 23.9 Å². The van der Waals surface area contributed by atoms with Gasteiger partial charge in [-0.05, 0) is 48.0 Å². The molecule has 0 fully saturated rings. The third kappa shape index (κ3) is 5.18. The number of carboxylic acid groups (broad SMARTS) is 1. The second-order valence-electron chi connectivity index (χ2n) is 5.95.